The van der Waals surface area contributed by atoms with Crippen LogP contribution in [0.3, 0.4) is 0 Å². The minimum absolute atomic E-state index is 0.393. The van der Waals surface area contributed by atoms with Gasteiger partial charge in [0.05, 0.1) is 5.69 Å². The highest BCUT2D eigenvalue weighted by Crippen LogP contribution is 2.19. The highest BCUT2D eigenvalue weighted by Gasteiger charge is 2.15. The molecule has 0 unspecified atom stereocenters. The lowest BCUT2D eigenvalue weighted by atomic mass is 10.1. The summed E-state index contributed by atoms with van der Waals surface area (Å²) in [6.07, 6.45) is 2.09. The number of ether oxygens (including phenoxy) is 1. The van der Waals surface area contributed by atoms with Crippen LogP contribution in [0.1, 0.15) is 36.6 Å². The fraction of sp³-hybridized carbons (Fsp3) is 0.545. The summed E-state index contributed by atoms with van der Waals surface area (Å²) in [7, 11) is 9.92. The molecule has 0 spiro atoms. The Hall–Kier alpha value is -2.54. The van der Waals surface area contributed by atoms with Gasteiger partial charge in [0, 0.05) is 52.5 Å². The Morgan fingerprint density at radius 2 is 2.03 bits per heavy atom. The van der Waals surface area contributed by atoms with Gasteiger partial charge in [-0.3, -0.25) is 9.67 Å². The van der Waals surface area contributed by atoms with Crippen molar-refractivity contribution in [3.8, 4) is 5.75 Å². The molecule has 7 heteroatoms. The molecule has 0 radical (unpaired) electrons. The third-order valence-electron chi connectivity index (χ3n) is 4.62. The fourth-order valence-corrected chi connectivity index (χ4v) is 3.15. The van der Waals surface area contributed by atoms with Crippen LogP contribution in [0.15, 0.2) is 35.5 Å². The molecule has 0 bridgehead atoms. The maximum atomic E-state index is 5.84. The van der Waals surface area contributed by atoms with Gasteiger partial charge in [-0.1, -0.05) is 26.0 Å². The molecule has 0 saturated heterocycles. The third-order valence-corrected chi connectivity index (χ3v) is 4.62. The van der Waals surface area contributed by atoms with Gasteiger partial charge in [0.2, 0.25) is 0 Å². The summed E-state index contributed by atoms with van der Waals surface area (Å²) < 4.78 is 7.72. The third kappa shape index (κ3) is 7.09. The topological polar surface area (TPSA) is 57.9 Å². The van der Waals surface area contributed by atoms with Crippen molar-refractivity contribution in [3.63, 3.8) is 0 Å². The summed E-state index contributed by atoms with van der Waals surface area (Å²) in [6.45, 7) is 7.36. The molecule has 1 N–H and O–H groups in total. The van der Waals surface area contributed by atoms with Gasteiger partial charge in [0.25, 0.3) is 0 Å². The maximum Gasteiger partial charge on any atom is 0.193 e. The molecular weight excluding hydrogens is 364 g/mol. The van der Waals surface area contributed by atoms with Crippen LogP contribution in [0.5, 0.6) is 5.75 Å². The quantitative estimate of drug-likeness (QED) is 0.518. The highest BCUT2D eigenvalue weighted by atomic mass is 16.5. The molecule has 0 atom stereocenters. The van der Waals surface area contributed by atoms with Crippen LogP contribution in [0.2, 0.25) is 0 Å². The van der Waals surface area contributed by atoms with Crippen LogP contribution in [0, 0.1) is 0 Å². The van der Waals surface area contributed by atoms with Crippen molar-refractivity contribution in [1.82, 2.24) is 24.9 Å². The van der Waals surface area contributed by atoms with E-state index in [9.17, 15) is 0 Å². The highest BCUT2D eigenvalue weighted by molar-refractivity contribution is 5.79. The number of guanidine groups is 1. The van der Waals surface area contributed by atoms with Crippen molar-refractivity contribution in [3.05, 3.63) is 47.3 Å². The summed E-state index contributed by atoms with van der Waals surface area (Å²) in [5.41, 5.74) is 3.52. The predicted octanol–water partition coefficient (Wildman–Crippen LogP) is 2.69. The molecule has 1 heterocycles. The first kappa shape index (κ1) is 22.7. The van der Waals surface area contributed by atoms with E-state index in [1.807, 2.05) is 52.1 Å². The average Bonchev–Trinajstić information content (AvgIpc) is 3.03. The average molecular weight is 401 g/mol. The Balaban J connectivity index is 1.95. The number of hydrogen-bond acceptors (Lipinski definition) is 4. The summed E-state index contributed by atoms with van der Waals surface area (Å²) in [6, 6.07) is 8.19. The molecule has 0 aliphatic heterocycles. The van der Waals surface area contributed by atoms with E-state index in [2.05, 4.69) is 57.4 Å². The Morgan fingerprint density at radius 3 is 2.69 bits per heavy atom. The van der Waals surface area contributed by atoms with E-state index in [4.69, 9.17) is 4.74 Å². The van der Waals surface area contributed by atoms with Gasteiger partial charge in [0.15, 0.2) is 5.96 Å². The second kappa shape index (κ2) is 10.9. The predicted molar refractivity (Wildman–Crippen MR) is 119 cm³/mol. The number of nitrogens with one attached hydrogen (secondary N) is 1. The van der Waals surface area contributed by atoms with Gasteiger partial charge in [-0.05, 0) is 37.7 Å². The monoisotopic (exact) mass is 400 g/mol. The van der Waals surface area contributed by atoms with E-state index in [-0.39, 0.29) is 0 Å². The largest absolute Gasteiger partial charge is 0.492 e. The standard InChI is InChI=1S/C22H36N6O/c1-17(2)21-19(16-28(7)25-21)15-27(6)22(23-3)24-14-18-9-8-10-20(13-18)29-12-11-26(4)5/h8-10,13,16-17H,11-12,14-15H2,1-7H3,(H,23,24). The summed E-state index contributed by atoms with van der Waals surface area (Å²) in [5.74, 6) is 2.14. The van der Waals surface area contributed by atoms with Gasteiger partial charge in [0.1, 0.15) is 12.4 Å². The van der Waals surface area contributed by atoms with Crippen LogP contribution in [0.25, 0.3) is 0 Å². The number of aryl methyl sites for hydroxylation is 1. The normalized spacial score (nSPS) is 12.0. The second-order valence-corrected chi connectivity index (χ2v) is 7.92. The van der Waals surface area contributed by atoms with Gasteiger partial charge in [-0.15, -0.1) is 0 Å². The van der Waals surface area contributed by atoms with E-state index < -0.39 is 0 Å². The molecule has 160 valence electrons. The maximum absolute atomic E-state index is 5.84. The fourth-order valence-electron chi connectivity index (χ4n) is 3.15. The lowest BCUT2D eigenvalue weighted by molar-refractivity contribution is 0.261. The Morgan fingerprint density at radius 1 is 1.28 bits per heavy atom. The van der Waals surface area contributed by atoms with Crippen molar-refractivity contribution < 1.29 is 4.74 Å². The Labute approximate surface area is 175 Å². The van der Waals surface area contributed by atoms with E-state index in [0.717, 1.165) is 36.1 Å². The molecule has 0 saturated carbocycles. The molecule has 2 aromatic rings. The number of benzene rings is 1. The molecule has 1 aromatic heterocycles. The summed E-state index contributed by atoms with van der Waals surface area (Å²) in [4.78, 5) is 8.67. The molecule has 0 amide bonds. The van der Waals surface area contributed by atoms with Crippen LogP contribution in [-0.4, -0.2) is 66.9 Å². The number of rotatable bonds is 9. The SMILES string of the molecule is CN=C(NCc1cccc(OCCN(C)C)c1)N(C)Cc1cn(C)nc1C(C)C. The zero-order valence-electron chi connectivity index (χ0n) is 18.9. The molecule has 0 aliphatic carbocycles. The number of nitrogens with zero attached hydrogens (tertiary/aromatic N) is 5. The van der Waals surface area contributed by atoms with Gasteiger partial charge >= 0.3 is 0 Å². The van der Waals surface area contributed by atoms with Crippen molar-refractivity contribution in [2.45, 2.75) is 32.9 Å². The van der Waals surface area contributed by atoms with Crippen molar-refractivity contribution in [1.29, 1.82) is 0 Å². The Kier molecular flexibility index (Phi) is 8.51. The van der Waals surface area contributed by atoms with Gasteiger partial charge in [-0.25, -0.2) is 0 Å². The van der Waals surface area contributed by atoms with Crippen LogP contribution >= 0.6 is 0 Å². The number of aromatic nitrogens is 2. The molecular formula is C22H36N6O. The van der Waals surface area contributed by atoms with Crippen LogP contribution < -0.4 is 10.1 Å². The van der Waals surface area contributed by atoms with Crippen LogP contribution in [-0.2, 0) is 20.1 Å². The molecule has 29 heavy (non-hydrogen) atoms. The van der Waals surface area contributed by atoms with Crippen molar-refractivity contribution in [2.24, 2.45) is 12.0 Å². The van der Waals surface area contributed by atoms with E-state index in [1.54, 1.807) is 0 Å². The van der Waals surface area contributed by atoms with Crippen molar-refractivity contribution >= 4 is 5.96 Å². The molecule has 0 aliphatic rings. The molecule has 2 rings (SSSR count). The summed E-state index contributed by atoms with van der Waals surface area (Å²) in [5, 5.41) is 8.05. The smallest absolute Gasteiger partial charge is 0.193 e. The second-order valence-electron chi connectivity index (χ2n) is 7.92. The molecule has 0 fully saturated rings. The van der Waals surface area contributed by atoms with E-state index >= 15 is 0 Å². The van der Waals surface area contributed by atoms with Gasteiger partial charge < -0.3 is 19.9 Å². The summed E-state index contributed by atoms with van der Waals surface area (Å²) >= 11 is 0. The van der Waals surface area contributed by atoms with Crippen LogP contribution in [0.4, 0.5) is 0 Å². The first-order valence-corrected chi connectivity index (χ1v) is 10.1. The Bertz CT molecular complexity index is 796. The minimum atomic E-state index is 0.393. The minimum Gasteiger partial charge on any atom is -0.492 e. The van der Waals surface area contributed by atoms with Crippen molar-refractivity contribution in [2.75, 3.05) is 41.3 Å². The first-order chi connectivity index (χ1) is 13.8. The van der Waals surface area contributed by atoms with E-state index in [0.29, 0.717) is 19.1 Å². The molecule has 1 aromatic carbocycles. The van der Waals surface area contributed by atoms with E-state index in [1.165, 1.54) is 5.56 Å². The van der Waals surface area contributed by atoms with Gasteiger partial charge in [-0.2, -0.15) is 5.10 Å². The first-order valence-electron chi connectivity index (χ1n) is 10.1. The number of hydrogen-bond donors (Lipinski definition) is 1. The number of likely N-dealkylation sites (N-methyl/N-ethyl adjacent to an activating group) is 1. The zero-order valence-corrected chi connectivity index (χ0v) is 18.9. The lowest BCUT2D eigenvalue weighted by Crippen LogP contribution is -2.38. The number of aliphatic imine (C=N–C) groups is 1. The zero-order chi connectivity index (χ0) is 21.4. The molecule has 7 nitrogen and oxygen atoms in total. The lowest BCUT2D eigenvalue weighted by Gasteiger charge is -2.22.